The van der Waals surface area contributed by atoms with E-state index in [0.717, 1.165) is 106 Å². The molecule has 3 unspecified atom stereocenters. The molecule has 3 aliphatic heterocycles. The summed E-state index contributed by atoms with van der Waals surface area (Å²) < 4.78 is 11.1. The number of thioether (sulfide) groups is 3. The first-order chi connectivity index (χ1) is 32.1. The lowest BCUT2D eigenvalue weighted by Gasteiger charge is -2.19. The van der Waals surface area contributed by atoms with Gasteiger partial charge in [0.05, 0.1) is 56.0 Å². The predicted octanol–water partition coefficient (Wildman–Crippen LogP) is 11.8. The van der Waals surface area contributed by atoms with E-state index in [9.17, 15) is 0 Å². The first-order valence-corrected chi connectivity index (χ1v) is 25.9. The summed E-state index contributed by atoms with van der Waals surface area (Å²) in [6.45, 7) is 18.4. The van der Waals surface area contributed by atoms with Crippen LogP contribution in [0.1, 0.15) is 90.3 Å². The number of nitrogens with zero attached hydrogens (tertiary/aromatic N) is 6. The number of hydrogen-bond acceptors (Lipinski definition) is 15. The summed E-state index contributed by atoms with van der Waals surface area (Å²) in [6.07, 6.45) is 16.8. The first kappa shape index (κ1) is 50.6. The van der Waals surface area contributed by atoms with E-state index in [1.807, 2.05) is 113 Å². The van der Waals surface area contributed by atoms with Crippen molar-refractivity contribution in [1.82, 2.24) is 30.9 Å². The van der Waals surface area contributed by atoms with Crippen LogP contribution in [-0.4, -0.2) is 67.3 Å². The van der Waals surface area contributed by atoms with Crippen LogP contribution in [0.2, 0.25) is 0 Å². The maximum atomic E-state index is 5.62. The van der Waals surface area contributed by atoms with Gasteiger partial charge in [0, 0.05) is 71.0 Å². The Bertz CT molecular complexity index is 2220. The van der Waals surface area contributed by atoms with Crippen molar-refractivity contribution in [3.63, 3.8) is 0 Å². The van der Waals surface area contributed by atoms with E-state index in [-0.39, 0.29) is 12.1 Å². The third-order valence-corrected chi connectivity index (χ3v) is 13.3. The second-order valence-electron chi connectivity index (χ2n) is 13.7. The van der Waals surface area contributed by atoms with Gasteiger partial charge in [-0.15, -0.1) is 11.3 Å². The van der Waals surface area contributed by atoms with Crippen molar-refractivity contribution in [1.29, 1.82) is 0 Å². The van der Waals surface area contributed by atoms with Gasteiger partial charge in [0.15, 0.2) is 15.5 Å². The molecular weight excluding hydrogens is 887 g/mol. The van der Waals surface area contributed by atoms with Crippen LogP contribution in [0.15, 0.2) is 152 Å². The minimum atomic E-state index is 0.0214. The van der Waals surface area contributed by atoms with Crippen molar-refractivity contribution in [2.45, 2.75) is 65.1 Å². The third-order valence-electron chi connectivity index (χ3n) is 9.57. The Kier molecular flexibility index (Phi) is 22.8. The van der Waals surface area contributed by atoms with Crippen molar-refractivity contribution < 1.29 is 8.83 Å². The van der Waals surface area contributed by atoms with E-state index < -0.39 is 0 Å². The van der Waals surface area contributed by atoms with E-state index in [2.05, 4.69) is 88.7 Å². The second-order valence-corrected chi connectivity index (χ2v) is 17.9. The molecule has 0 aromatic carbocycles. The summed E-state index contributed by atoms with van der Waals surface area (Å²) in [7, 11) is 0. The number of aromatic nitrogens is 3. The number of amidine groups is 3. The first-order valence-electron chi connectivity index (χ1n) is 22.1. The fourth-order valence-corrected chi connectivity index (χ4v) is 9.79. The minimum absolute atomic E-state index is 0.0214. The van der Waals surface area contributed by atoms with Crippen molar-refractivity contribution in [3.05, 3.63) is 173 Å². The molecule has 3 aliphatic rings. The smallest absolute Gasteiger partial charge is 0.157 e. The Labute approximate surface area is 401 Å². The fraction of sp³-hybridized carbons (Fsp3) is 0.320. The predicted molar refractivity (Wildman–Crippen MR) is 280 cm³/mol. The Balaban J connectivity index is 0.000000177. The SMILES string of the molecule is C=Cc1nccc(CC(NC2=NCCS2)c2ccco2)c1C=C.CC.CC.c1ccc(CC(NC2=NCCS2)c2ccco2)nc1.c1csc(C(Cc2ccncc2)NC2=NCCS2)c1. The Morgan fingerprint density at radius 3 is 1.68 bits per heavy atom. The van der Waals surface area contributed by atoms with Crippen molar-refractivity contribution in [2.75, 3.05) is 36.9 Å². The van der Waals surface area contributed by atoms with Crippen LogP contribution in [0.3, 0.4) is 0 Å². The topological polar surface area (TPSA) is 138 Å². The van der Waals surface area contributed by atoms with Gasteiger partial charge < -0.3 is 24.8 Å². The normalized spacial score (nSPS) is 14.9. The standard InChI is InChI=1S/C18H19N3OS.C14H15N3OS.C14H15N3S2.2C2H6/c1-3-14-13(7-8-19-15(14)4-2)12-16(17-6-5-10-22-17)21-18-20-9-11-23-18;1-2-6-15-11(4-1)10-12(13-5-3-8-18-13)17-14-16-7-9-19-14;1-2-13(18-8-1)12(17-14-16-7-9-19-14)10-11-3-5-15-6-4-11;2*1-2/h3-8,10,16H,1-2,9,11-12H2,(H,20,21);2*1-6,8,12H,7,9-10H2,(H,16,17);2*1-2H3. The van der Waals surface area contributed by atoms with Gasteiger partial charge in [0.2, 0.25) is 0 Å². The maximum absolute atomic E-state index is 5.62. The van der Waals surface area contributed by atoms with Crippen LogP contribution < -0.4 is 16.0 Å². The van der Waals surface area contributed by atoms with Gasteiger partial charge in [-0.2, -0.15) is 0 Å². The lowest BCUT2D eigenvalue weighted by atomic mass is 9.98. The van der Waals surface area contributed by atoms with Gasteiger partial charge in [-0.1, -0.05) is 94.3 Å². The summed E-state index contributed by atoms with van der Waals surface area (Å²) in [5.74, 6) is 4.99. The lowest BCUT2D eigenvalue weighted by Crippen LogP contribution is -2.27. The molecule has 0 radical (unpaired) electrons. The van der Waals surface area contributed by atoms with E-state index in [1.54, 1.807) is 59.7 Å². The average molecular weight is 948 g/mol. The molecule has 0 bridgehead atoms. The zero-order valence-corrected chi connectivity index (χ0v) is 41.0. The Hall–Kier alpha value is -5.35. The third kappa shape index (κ3) is 16.5. The van der Waals surface area contributed by atoms with Crippen LogP contribution in [0.5, 0.6) is 0 Å². The maximum Gasteiger partial charge on any atom is 0.157 e. The Morgan fingerprint density at radius 2 is 1.20 bits per heavy atom. The number of hydrogen-bond donors (Lipinski definition) is 3. The summed E-state index contributed by atoms with van der Waals surface area (Å²) >= 11 is 7.10. The molecule has 0 aliphatic carbocycles. The van der Waals surface area contributed by atoms with Crippen LogP contribution in [0.4, 0.5) is 0 Å². The number of aliphatic imine (C=N–C) groups is 3. The molecule has 3 N–H and O–H groups in total. The summed E-state index contributed by atoms with van der Waals surface area (Å²) in [4.78, 5) is 27.5. The number of furan rings is 2. The molecule has 0 saturated carbocycles. The number of pyridine rings is 3. The molecule has 0 amide bonds. The highest BCUT2D eigenvalue weighted by Crippen LogP contribution is 2.27. The van der Waals surface area contributed by atoms with Gasteiger partial charge in [-0.3, -0.25) is 29.9 Å². The van der Waals surface area contributed by atoms with Crippen LogP contribution >= 0.6 is 46.6 Å². The molecule has 0 fully saturated rings. The van der Waals surface area contributed by atoms with E-state index >= 15 is 0 Å². The molecule has 65 heavy (non-hydrogen) atoms. The molecule has 9 heterocycles. The molecule has 342 valence electrons. The van der Waals surface area contributed by atoms with E-state index in [1.165, 1.54) is 10.4 Å². The number of thiophene rings is 1. The quantitative estimate of drug-likeness (QED) is 0.0962. The van der Waals surface area contributed by atoms with Gasteiger partial charge in [-0.05, 0) is 89.7 Å². The highest BCUT2D eigenvalue weighted by Gasteiger charge is 2.22. The number of nitrogens with one attached hydrogen (secondary N) is 3. The molecule has 15 heteroatoms. The molecule has 3 atom stereocenters. The molecule has 11 nitrogen and oxygen atoms in total. The fourth-order valence-electron chi connectivity index (χ4n) is 6.66. The lowest BCUT2D eigenvalue weighted by molar-refractivity contribution is 0.444. The summed E-state index contributed by atoms with van der Waals surface area (Å²) in [5, 5.41) is 15.7. The van der Waals surface area contributed by atoms with Crippen LogP contribution in [0, 0.1) is 0 Å². The molecule has 9 rings (SSSR count). The molecular formula is C50H61N9O2S4. The highest BCUT2D eigenvalue weighted by atomic mass is 32.2. The zero-order chi connectivity index (χ0) is 45.9. The minimum Gasteiger partial charge on any atom is -0.467 e. The molecule has 6 aromatic rings. The van der Waals surface area contributed by atoms with Crippen molar-refractivity contribution in [2.24, 2.45) is 15.0 Å². The van der Waals surface area contributed by atoms with Gasteiger partial charge >= 0.3 is 0 Å². The van der Waals surface area contributed by atoms with Crippen molar-refractivity contribution in [3.8, 4) is 0 Å². The monoisotopic (exact) mass is 947 g/mol. The largest absolute Gasteiger partial charge is 0.467 e. The van der Waals surface area contributed by atoms with Gasteiger partial charge in [0.25, 0.3) is 0 Å². The van der Waals surface area contributed by atoms with E-state index in [4.69, 9.17) is 8.83 Å². The Morgan fingerprint density at radius 1 is 0.600 bits per heavy atom. The van der Waals surface area contributed by atoms with Crippen LogP contribution in [-0.2, 0) is 19.3 Å². The summed E-state index contributed by atoms with van der Waals surface area (Å²) in [6, 6.07) is 24.6. The molecule has 0 saturated heterocycles. The highest BCUT2D eigenvalue weighted by molar-refractivity contribution is 8.14. The summed E-state index contributed by atoms with van der Waals surface area (Å²) in [5.41, 5.74) is 5.36. The van der Waals surface area contributed by atoms with Crippen molar-refractivity contribution >= 4 is 74.3 Å². The molecule has 0 spiro atoms. The number of rotatable bonds is 14. The van der Waals surface area contributed by atoms with Crippen LogP contribution in [0.25, 0.3) is 12.2 Å². The average Bonchev–Trinajstić information content (AvgIpc) is 4.22. The van der Waals surface area contributed by atoms with Gasteiger partial charge in [0.1, 0.15) is 11.5 Å². The van der Waals surface area contributed by atoms with E-state index in [0.29, 0.717) is 6.04 Å². The van der Waals surface area contributed by atoms with Gasteiger partial charge in [-0.25, -0.2) is 0 Å². The zero-order valence-electron chi connectivity index (χ0n) is 37.8. The second kappa shape index (κ2) is 29.2. The molecule has 6 aromatic heterocycles.